The summed E-state index contributed by atoms with van der Waals surface area (Å²) in [5.41, 5.74) is 2.33. The van der Waals surface area contributed by atoms with Crippen molar-refractivity contribution in [2.45, 2.75) is 44.6 Å². The number of aliphatic hydroxyl groups excluding tert-OH is 1. The Morgan fingerprint density at radius 2 is 1.44 bits per heavy atom. The van der Waals surface area contributed by atoms with E-state index in [2.05, 4.69) is 6.07 Å². The number of hydrogen-bond acceptors (Lipinski definition) is 4. The number of fused-ring (bicyclic) bond motifs is 4. The van der Waals surface area contributed by atoms with E-state index in [0.717, 1.165) is 44.1 Å². The van der Waals surface area contributed by atoms with Gasteiger partial charge in [-0.2, -0.15) is 0 Å². The number of rotatable bonds is 2. The molecule has 0 saturated heterocycles. The fourth-order valence-electron chi connectivity index (χ4n) is 3.22. The van der Waals surface area contributed by atoms with Gasteiger partial charge in [0.25, 0.3) is 0 Å². The minimum absolute atomic E-state index is 0.249. The number of ether oxygens (including phenoxy) is 3. The third-order valence-electron chi connectivity index (χ3n) is 4.70. The van der Waals surface area contributed by atoms with Crippen LogP contribution in [0.1, 0.15) is 36.8 Å². The van der Waals surface area contributed by atoms with E-state index in [1.54, 1.807) is 14.2 Å². The van der Waals surface area contributed by atoms with Gasteiger partial charge in [-0.05, 0) is 67.5 Å². The first-order chi connectivity index (χ1) is 12.2. The minimum atomic E-state index is -0.249. The molecule has 3 rings (SSSR count). The highest BCUT2D eigenvalue weighted by atomic mass is 16.5. The maximum Gasteiger partial charge on any atom is 0.169 e. The Bertz CT molecular complexity index is 711. The molecule has 1 N–H and O–H groups in total. The lowest BCUT2D eigenvalue weighted by Gasteiger charge is -2.17. The van der Waals surface area contributed by atoms with Gasteiger partial charge >= 0.3 is 0 Å². The zero-order valence-corrected chi connectivity index (χ0v) is 15.0. The molecule has 1 aliphatic rings. The van der Waals surface area contributed by atoms with Gasteiger partial charge in [-0.1, -0.05) is 18.6 Å². The van der Waals surface area contributed by atoms with E-state index in [4.69, 9.17) is 14.2 Å². The first-order valence-corrected chi connectivity index (χ1v) is 8.89. The number of aryl methyl sites for hydroxylation is 2. The molecular weight excluding hydrogens is 316 g/mol. The predicted molar refractivity (Wildman–Crippen MR) is 97.9 cm³/mol. The molecule has 2 aromatic rings. The molecule has 1 heterocycles. The SMILES string of the molecule is COc1ccc2cc1Oc1cc(ccc1OC)CCC(O)CCCC2. The van der Waals surface area contributed by atoms with Crippen molar-refractivity contribution >= 4 is 0 Å². The van der Waals surface area contributed by atoms with Crippen LogP contribution in [0.5, 0.6) is 23.0 Å². The first-order valence-electron chi connectivity index (χ1n) is 8.89. The third kappa shape index (κ3) is 4.45. The van der Waals surface area contributed by atoms with Crippen molar-refractivity contribution in [3.8, 4) is 23.0 Å². The van der Waals surface area contributed by atoms with Crippen LogP contribution in [0.4, 0.5) is 0 Å². The summed E-state index contributed by atoms with van der Waals surface area (Å²) in [5.74, 6) is 2.76. The summed E-state index contributed by atoms with van der Waals surface area (Å²) in [6, 6.07) is 12.0. The minimum Gasteiger partial charge on any atom is -0.493 e. The van der Waals surface area contributed by atoms with Crippen LogP contribution in [0.15, 0.2) is 36.4 Å². The Labute approximate surface area is 149 Å². The zero-order chi connectivity index (χ0) is 17.6. The van der Waals surface area contributed by atoms with E-state index in [1.807, 2.05) is 30.3 Å². The van der Waals surface area contributed by atoms with Gasteiger partial charge in [0.15, 0.2) is 23.0 Å². The van der Waals surface area contributed by atoms with Crippen molar-refractivity contribution in [1.29, 1.82) is 0 Å². The maximum atomic E-state index is 10.2. The van der Waals surface area contributed by atoms with E-state index in [1.165, 1.54) is 5.56 Å². The lowest BCUT2D eigenvalue weighted by molar-refractivity contribution is 0.151. The summed E-state index contributed by atoms with van der Waals surface area (Å²) in [6.07, 6.45) is 5.22. The Kier molecular flexibility index (Phi) is 5.82. The highest BCUT2D eigenvalue weighted by Gasteiger charge is 2.14. The molecular formula is C21H26O4. The molecule has 4 bridgehead atoms. The van der Waals surface area contributed by atoms with Gasteiger partial charge in [-0.3, -0.25) is 0 Å². The van der Waals surface area contributed by atoms with E-state index in [-0.39, 0.29) is 6.10 Å². The highest BCUT2D eigenvalue weighted by Crippen LogP contribution is 2.38. The van der Waals surface area contributed by atoms with Crippen molar-refractivity contribution in [2.75, 3.05) is 14.2 Å². The Morgan fingerprint density at radius 3 is 2.04 bits per heavy atom. The molecule has 2 aromatic carbocycles. The summed E-state index contributed by atoms with van der Waals surface area (Å²) in [7, 11) is 3.28. The Hall–Kier alpha value is -2.20. The quantitative estimate of drug-likeness (QED) is 0.872. The number of hydrogen-bond donors (Lipinski definition) is 1. The fourth-order valence-corrected chi connectivity index (χ4v) is 3.22. The van der Waals surface area contributed by atoms with Crippen molar-refractivity contribution in [3.63, 3.8) is 0 Å². The van der Waals surface area contributed by atoms with Gasteiger partial charge in [0, 0.05) is 0 Å². The number of benzene rings is 2. The third-order valence-corrected chi connectivity index (χ3v) is 4.70. The standard InChI is InChI=1S/C21H26O4/c1-23-18-11-8-15-5-3-4-6-17(22)10-7-16-9-12-19(24-2)21(14-16)25-20(18)13-15/h8-9,11-14,17,22H,3-7,10H2,1-2H3. The van der Waals surface area contributed by atoms with Crippen molar-refractivity contribution in [1.82, 2.24) is 0 Å². The monoisotopic (exact) mass is 342 g/mol. The second kappa shape index (κ2) is 8.26. The molecule has 4 nitrogen and oxygen atoms in total. The largest absolute Gasteiger partial charge is 0.493 e. The molecule has 0 radical (unpaired) electrons. The molecule has 0 fully saturated rings. The van der Waals surface area contributed by atoms with E-state index in [0.29, 0.717) is 23.0 Å². The first kappa shape index (κ1) is 17.6. The number of methoxy groups -OCH3 is 2. The molecule has 0 aromatic heterocycles. The van der Waals surface area contributed by atoms with Crippen LogP contribution in [0.25, 0.3) is 0 Å². The molecule has 4 heteroatoms. The molecule has 1 aliphatic heterocycles. The second-order valence-corrected chi connectivity index (χ2v) is 6.51. The smallest absolute Gasteiger partial charge is 0.169 e. The lowest BCUT2D eigenvalue weighted by atomic mass is 10.0. The van der Waals surface area contributed by atoms with Gasteiger partial charge in [-0.25, -0.2) is 0 Å². The van der Waals surface area contributed by atoms with Crippen molar-refractivity contribution in [3.05, 3.63) is 47.5 Å². The van der Waals surface area contributed by atoms with Crippen molar-refractivity contribution in [2.24, 2.45) is 0 Å². The molecule has 0 amide bonds. The van der Waals surface area contributed by atoms with Crippen LogP contribution >= 0.6 is 0 Å². The topological polar surface area (TPSA) is 47.9 Å². The van der Waals surface area contributed by atoms with Gasteiger partial charge in [0.1, 0.15) is 0 Å². The van der Waals surface area contributed by atoms with Crippen LogP contribution < -0.4 is 14.2 Å². The highest BCUT2D eigenvalue weighted by molar-refractivity contribution is 5.50. The van der Waals surface area contributed by atoms with E-state index in [9.17, 15) is 5.11 Å². The van der Waals surface area contributed by atoms with Gasteiger partial charge < -0.3 is 19.3 Å². The normalized spacial score (nSPS) is 18.0. The average molecular weight is 342 g/mol. The van der Waals surface area contributed by atoms with Gasteiger partial charge in [0.05, 0.1) is 20.3 Å². The Morgan fingerprint density at radius 1 is 0.840 bits per heavy atom. The van der Waals surface area contributed by atoms with Crippen LogP contribution in [-0.2, 0) is 12.8 Å². The van der Waals surface area contributed by atoms with E-state index >= 15 is 0 Å². The summed E-state index contributed by atoms with van der Waals surface area (Å²) in [5, 5.41) is 10.2. The summed E-state index contributed by atoms with van der Waals surface area (Å²) < 4.78 is 17.1. The van der Waals surface area contributed by atoms with Crippen LogP contribution in [0, 0.1) is 0 Å². The summed E-state index contributed by atoms with van der Waals surface area (Å²) in [6.45, 7) is 0. The second-order valence-electron chi connectivity index (χ2n) is 6.51. The molecule has 1 atom stereocenters. The van der Waals surface area contributed by atoms with Crippen LogP contribution in [0.3, 0.4) is 0 Å². The number of aliphatic hydroxyl groups is 1. The summed E-state index contributed by atoms with van der Waals surface area (Å²) in [4.78, 5) is 0. The molecule has 0 saturated carbocycles. The predicted octanol–water partition coefficient (Wildman–Crippen LogP) is 4.52. The van der Waals surface area contributed by atoms with E-state index < -0.39 is 0 Å². The van der Waals surface area contributed by atoms with Gasteiger partial charge in [-0.15, -0.1) is 0 Å². The zero-order valence-electron chi connectivity index (χ0n) is 15.0. The molecule has 1 unspecified atom stereocenters. The maximum absolute atomic E-state index is 10.2. The molecule has 0 spiro atoms. The average Bonchev–Trinajstić information content (AvgIpc) is 2.63. The van der Waals surface area contributed by atoms with Crippen molar-refractivity contribution < 1.29 is 19.3 Å². The van der Waals surface area contributed by atoms with Gasteiger partial charge in [0.2, 0.25) is 0 Å². The summed E-state index contributed by atoms with van der Waals surface area (Å²) >= 11 is 0. The van der Waals surface area contributed by atoms with Crippen LogP contribution in [-0.4, -0.2) is 25.4 Å². The van der Waals surface area contributed by atoms with Crippen LogP contribution in [0.2, 0.25) is 0 Å². The Balaban J connectivity index is 1.99. The lowest BCUT2D eigenvalue weighted by Crippen LogP contribution is -2.08. The molecule has 134 valence electrons. The molecule has 25 heavy (non-hydrogen) atoms. The fraction of sp³-hybridized carbons (Fsp3) is 0.429. The molecule has 0 aliphatic carbocycles.